The van der Waals surface area contributed by atoms with E-state index in [1.165, 1.54) is 18.1 Å². The molecule has 0 atom stereocenters. The van der Waals surface area contributed by atoms with Gasteiger partial charge in [-0.15, -0.1) is 0 Å². The first-order chi connectivity index (χ1) is 11.1. The lowest BCUT2D eigenvalue weighted by atomic mass is 9.91. The van der Waals surface area contributed by atoms with Gasteiger partial charge in [0.05, 0.1) is 13.7 Å². The van der Waals surface area contributed by atoms with Crippen molar-refractivity contribution < 1.29 is 24.5 Å². The Morgan fingerprint density at radius 2 is 1.92 bits per heavy atom. The molecule has 0 radical (unpaired) electrons. The van der Waals surface area contributed by atoms with Gasteiger partial charge in [-0.2, -0.15) is 0 Å². The molecule has 1 aromatic carbocycles. The number of esters is 1. The maximum Gasteiger partial charge on any atom is 0.341 e. The van der Waals surface area contributed by atoms with Gasteiger partial charge in [0.25, 0.3) is 0 Å². The van der Waals surface area contributed by atoms with Crippen molar-refractivity contribution in [2.45, 2.75) is 33.7 Å². The molecule has 2 N–H and O–H groups in total. The van der Waals surface area contributed by atoms with Crippen LogP contribution in [-0.4, -0.2) is 47.3 Å². The first-order valence-corrected chi connectivity index (χ1v) is 8.36. The molecule has 0 saturated heterocycles. The summed E-state index contributed by atoms with van der Waals surface area (Å²) < 4.78 is 5.24. The molecule has 0 saturated carbocycles. The summed E-state index contributed by atoms with van der Waals surface area (Å²) in [6.45, 7) is 5.91. The third kappa shape index (κ3) is 5.79. The van der Waals surface area contributed by atoms with Gasteiger partial charge >= 0.3 is 5.97 Å². The second-order valence-corrected chi connectivity index (χ2v) is 7.64. The summed E-state index contributed by atoms with van der Waals surface area (Å²) in [4.78, 5) is 25.7. The Morgan fingerprint density at radius 1 is 1.29 bits per heavy atom. The normalized spacial score (nSPS) is 11.2. The number of hydrogen-bond acceptors (Lipinski definition) is 5. The van der Waals surface area contributed by atoms with Crippen LogP contribution in [0.25, 0.3) is 0 Å². The highest BCUT2D eigenvalue weighted by Gasteiger charge is 2.23. The molecule has 0 aliphatic rings. The molecule has 0 fully saturated rings. The van der Waals surface area contributed by atoms with E-state index in [9.17, 15) is 19.8 Å². The number of benzene rings is 1. The van der Waals surface area contributed by atoms with Crippen LogP contribution in [0, 0.1) is 5.41 Å². The average molecular weight is 402 g/mol. The maximum atomic E-state index is 12.5. The quantitative estimate of drug-likeness (QED) is 0.715. The molecule has 0 unspecified atom stereocenters. The summed E-state index contributed by atoms with van der Waals surface area (Å²) >= 11 is 3.29. The number of rotatable bonds is 6. The molecule has 7 heteroatoms. The smallest absolute Gasteiger partial charge is 0.341 e. The summed E-state index contributed by atoms with van der Waals surface area (Å²) in [5.74, 6) is -1.02. The van der Waals surface area contributed by atoms with E-state index in [0.29, 0.717) is 16.5 Å². The summed E-state index contributed by atoms with van der Waals surface area (Å²) in [5.41, 5.74) is 0.232. The van der Waals surface area contributed by atoms with Crippen LogP contribution in [0.1, 0.15) is 43.1 Å². The zero-order chi connectivity index (χ0) is 18.5. The number of aliphatic hydroxyl groups is 1. The highest BCUT2D eigenvalue weighted by Crippen LogP contribution is 2.30. The van der Waals surface area contributed by atoms with E-state index in [0.717, 1.165) is 0 Å². The monoisotopic (exact) mass is 401 g/mol. The minimum absolute atomic E-state index is 0.0223. The van der Waals surface area contributed by atoms with Gasteiger partial charge in [0.2, 0.25) is 5.91 Å². The molecule has 0 aliphatic heterocycles. The molecule has 1 rings (SSSR count). The summed E-state index contributed by atoms with van der Waals surface area (Å²) in [5, 5.41) is 19.6. The van der Waals surface area contributed by atoms with E-state index < -0.39 is 5.97 Å². The van der Waals surface area contributed by atoms with Gasteiger partial charge in [0.15, 0.2) is 0 Å². The number of amides is 1. The highest BCUT2D eigenvalue weighted by molar-refractivity contribution is 9.10. The lowest BCUT2D eigenvalue weighted by molar-refractivity contribution is -0.134. The fraction of sp³-hybridized carbons (Fsp3) is 0.529. The number of carbonyl (C=O) groups excluding carboxylic acids is 2. The number of aromatic hydroxyl groups is 1. The molecule has 0 spiro atoms. The molecule has 6 nitrogen and oxygen atoms in total. The van der Waals surface area contributed by atoms with E-state index in [1.807, 2.05) is 20.8 Å². The Balaban J connectivity index is 3.12. The lowest BCUT2D eigenvalue weighted by Gasteiger charge is -2.27. The summed E-state index contributed by atoms with van der Waals surface area (Å²) in [7, 11) is 1.23. The first-order valence-electron chi connectivity index (χ1n) is 7.57. The minimum atomic E-state index is -0.662. The molecule has 1 amide bonds. The topological polar surface area (TPSA) is 87.1 Å². The number of phenols is 1. The average Bonchev–Trinajstić information content (AvgIpc) is 2.47. The number of halogens is 1. The Hall–Kier alpha value is -1.60. The SMILES string of the molecule is COC(=O)c1cc(Br)cc(CN(CCO)C(=O)CC(C)(C)C)c1O. The van der Waals surface area contributed by atoms with Crippen LogP contribution in [-0.2, 0) is 16.1 Å². The summed E-state index contributed by atoms with van der Waals surface area (Å²) in [6, 6.07) is 3.09. The van der Waals surface area contributed by atoms with Crippen molar-refractivity contribution in [1.29, 1.82) is 0 Å². The van der Waals surface area contributed by atoms with Crippen molar-refractivity contribution in [3.8, 4) is 5.75 Å². The van der Waals surface area contributed by atoms with Gasteiger partial charge in [0, 0.05) is 29.5 Å². The number of aliphatic hydroxyl groups excluding tert-OH is 1. The Morgan fingerprint density at radius 3 is 2.42 bits per heavy atom. The minimum Gasteiger partial charge on any atom is -0.507 e. The van der Waals surface area contributed by atoms with Crippen molar-refractivity contribution in [1.82, 2.24) is 4.90 Å². The highest BCUT2D eigenvalue weighted by atomic mass is 79.9. The molecule has 24 heavy (non-hydrogen) atoms. The number of nitrogens with zero attached hydrogens (tertiary/aromatic N) is 1. The van der Waals surface area contributed by atoms with Crippen molar-refractivity contribution in [3.63, 3.8) is 0 Å². The predicted molar refractivity (Wildman–Crippen MR) is 93.7 cm³/mol. The van der Waals surface area contributed by atoms with Crippen molar-refractivity contribution >= 4 is 27.8 Å². The standard InChI is InChI=1S/C17H24BrNO5/c1-17(2,3)9-14(21)19(5-6-20)10-11-7-12(18)8-13(15(11)22)16(23)24-4/h7-8,20,22H,5-6,9-10H2,1-4H3. The van der Waals surface area contributed by atoms with E-state index in [1.54, 1.807) is 6.07 Å². The Labute approximate surface area is 150 Å². The second-order valence-electron chi connectivity index (χ2n) is 6.73. The third-order valence-corrected chi connectivity index (χ3v) is 3.78. The van der Waals surface area contributed by atoms with Crippen molar-refractivity contribution in [3.05, 3.63) is 27.7 Å². The van der Waals surface area contributed by atoms with Crippen molar-refractivity contribution in [2.75, 3.05) is 20.3 Å². The molecular formula is C17H24BrNO5. The predicted octanol–water partition coefficient (Wildman–Crippen LogP) is 2.70. The van der Waals surface area contributed by atoms with Crippen LogP contribution in [0.4, 0.5) is 0 Å². The van der Waals surface area contributed by atoms with Crippen molar-refractivity contribution in [2.24, 2.45) is 5.41 Å². The maximum absolute atomic E-state index is 12.5. The molecular weight excluding hydrogens is 378 g/mol. The molecule has 134 valence electrons. The molecule has 0 heterocycles. The Kier molecular flexibility index (Phi) is 7.23. The van der Waals surface area contributed by atoms with E-state index in [-0.39, 0.29) is 42.3 Å². The zero-order valence-electron chi connectivity index (χ0n) is 14.4. The van der Waals surface area contributed by atoms with Gasteiger partial charge in [-0.1, -0.05) is 36.7 Å². The van der Waals surface area contributed by atoms with E-state index >= 15 is 0 Å². The van der Waals surface area contributed by atoms with Crippen LogP contribution in [0.5, 0.6) is 5.75 Å². The number of methoxy groups -OCH3 is 1. The second kappa shape index (κ2) is 8.48. The fourth-order valence-electron chi connectivity index (χ4n) is 2.23. The van der Waals surface area contributed by atoms with Gasteiger partial charge < -0.3 is 19.8 Å². The largest absolute Gasteiger partial charge is 0.507 e. The molecule has 0 aliphatic carbocycles. The van der Waals surface area contributed by atoms with Crippen LogP contribution in [0.15, 0.2) is 16.6 Å². The van der Waals surface area contributed by atoms with Crippen LogP contribution < -0.4 is 0 Å². The van der Waals surface area contributed by atoms with Gasteiger partial charge in [-0.05, 0) is 17.5 Å². The zero-order valence-corrected chi connectivity index (χ0v) is 16.0. The third-order valence-electron chi connectivity index (χ3n) is 3.32. The van der Waals surface area contributed by atoms with Gasteiger partial charge in [-0.25, -0.2) is 4.79 Å². The van der Waals surface area contributed by atoms with Gasteiger partial charge in [-0.3, -0.25) is 4.79 Å². The fourth-order valence-corrected chi connectivity index (χ4v) is 2.73. The Bertz CT molecular complexity index is 610. The van der Waals surface area contributed by atoms with Gasteiger partial charge in [0.1, 0.15) is 11.3 Å². The lowest BCUT2D eigenvalue weighted by Crippen LogP contribution is -2.35. The van der Waals surface area contributed by atoms with E-state index in [2.05, 4.69) is 20.7 Å². The first kappa shape index (κ1) is 20.4. The summed E-state index contributed by atoms with van der Waals surface area (Å²) in [6.07, 6.45) is 0.311. The number of carbonyl (C=O) groups is 2. The van der Waals surface area contributed by atoms with Crippen LogP contribution in [0.3, 0.4) is 0 Å². The number of hydrogen-bond donors (Lipinski definition) is 2. The molecule has 1 aromatic rings. The van der Waals surface area contributed by atoms with Crippen LogP contribution in [0.2, 0.25) is 0 Å². The number of phenolic OH excluding ortho intramolecular Hbond substituents is 1. The van der Waals surface area contributed by atoms with Crippen LogP contribution >= 0.6 is 15.9 Å². The molecule has 0 aromatic heterocycles. The molecule has 0 bridgehead atoms. The number of ether oxygens (including phenoxy) is 1. The van der Waals surface area contributed by atoms with E-state index in [4.69, 9.17) is 0 Å².